The maximum atomic E-state index is 10.7. The molecule has 88 valence electrons. The van der Waals surface area contributed by atoms with Gasteiger partial charge in [0, 0.05) is 18.6 Å². The Labute approximate surface area is 93.8 Å². The number of aliphatic hydroxyl groups is 1. The van der Waals surface area contributed by atoms with E-state index in [1.54, 1.807) is 19.1 Å². The van der Waals surface area contributed by atoms with Crippen LogP contribution in [0.5, 0.6) is 5.75 Å². The molecule has 0 saturated heterocycles. The monoisotopic (exact) mass is 225 g/mol. The molecule has 0 aromatic heterocycles. The molecule has 0 aliphatic heterocycles. The van der Waals surface area contributed by atoms with Crippen LogP contribution in [0, 0.1) is 23.0 Å². The van der Waals surface area contributed by atoms with Crippen LogP contribution >= 0.6 is 0 Å². The molecule has 1 aromatic carbocycles. The normalized spacial score (nSPS) is 12.2. The molecule has 0 amide bonds. The third-order valence-corrected chi connectivity index (χ3v) is 2.29. The van der Waals surface area contributed by atoms with Crippen molar-refractivity contribution in [3.63, 3.8) is 0 Å². The van der Waals surface area contributed by atoms with E-state index in [0.29, 0.717) is 17.9 Å². The molecule has 0 aliphatic carbocycles. The summed E-state index contributed by atoms with van der Waals surface area (Å²) in [6, 6.07) is 4.72. The van der Waals surface area contributed by atoms with Gasteiger partial charge in [-0.15, -0.1) is 0 Å². The second kappa shape index (κ2) is 5.46. The molecule has 0 spiro atoms. The zero-order valence-electron chi connectivity index (χ0n) is 9.34. The molecule has 0 bridgehead atoms. The summed E-state index contributed by atoms with van der Waals surface area (Å²) in [7, 11) is 0. The van der Waals surface area contributed by atoms with E-state index in [1.807, 2.05) is 6.92 Å². The number of hydrogen-bond acceptors (Lipinski definition) is 4. The van der Waals surface area contributed by atoms with Gasteiger partial charge >= 0.3 is 0 Å². The molecule has 1 N–H and O–H groups in total. The summed E-state index contributed by atoms with van der Waals surface area (Å²) in [6.07, 6.45) is 0. The lowest BCUT2D eigenvalue weighted by molar-refractivity contribution is -0.385. The van der Waals surface area contributed by atoms with Crippen LogP contribution in [0.25, 0.3) is 0 Å². The maximum Gasteiger partial charge on any atom is 0.276 e. The molecular formula is C11H15NO4. The Hall–Kier alpha value is -1.62. The van der Waals surface area contributed by atoms with E-state index in [4.69, 9.17) is 9.84 Å². The summed E-state index contributed by atoms with van der Waals surface area (Å²) in [6.45, 7) is 3.87. The number of aliphatic hydroxyl groups excluding tert-OH is 1. The molecule has 5 heteroatoms. The lowest BCUT2D eigenvalue weighted by atomic mass is 10.2. The number of hydrogen-bond donors (Lipinski definition) is 1. The Balaban J connectivity index is 2.81. The van der Waals surface area contributed by atoms with E-state index < -0.39 is 4.92 Å². The van der Waals surface area contributed by atoms with Gasteiger partial charge in [-0.1, -0.05) is 13.0 Å². The predicted octanol–water partition coefficient (Wildman–Crippen LogP) is 1.91. The molecule has 1 unspecified atom stereocenters. The Bertz CT molecular complexity index is 378. The third-order valence-electron chi connectivity index (χ3n) is 2.29. The molecule has 0 heterocycles. The standard InChI is InChI=1S/C11H15NO4/c1-8(6-13)7-16-11-5-3-4-10(9(11)2)12(14)15/h3-5,8,13H,6-7H2,1-2H3. The molecule has 1 atom stereocenters. The smallest absolute Gasteiger partial charge is 0.276 e. The van der Waals surface area contributed by atoms with Crippen LogP contribution in [-0.4, -0.2) is 23.2 Å². The average molecular weight is 225 g/mol. The minimum atomic E-state index is -0.433. The fourth-order valence-corrected chi connectivity index (χ4v) is 1.24. The van der Waals surface area contributed by atoms with Crippen molar-refractivity contribution in [2.24, 2.45) is 5.92 Å². The van der Waals surface area contributed by atoms with E-state index in [9.17, 15) is 10.1 Å². The topological polar surface area (TPSA) is 72.6 Å². The van der Waals surface area contributed by atoms with Gasteiger partial charge in [0.25, 0.3) is 5.69 Å². The highest BCUT2D eigenvalue weighted by atomic mass is 16.6. The fourth-order valence-electron chi connectivity index (χ4n) is 1.24. The highest BCUT2D eigenvalue weighted by molar-refractivity contribution is 5.48. The van der Waals surface area contributed by atoms with Crippen molar-refractivity contribution in [3.05, 3.63) is 33.9 Å². The lowest BCUT2D eigenvalue weighted by Gasteiger charge is -2.12. The summed E-state index contributed by atoms with van der Waals surface area (Å²) in [5.74, 6) is 0.508. The van der Waals surface area contributed by atoms with E-state index in [-0.39, 0.29) is 18.2 Å². The first-order valence-electron chi connectivity index (χ1n) is 5.04. The van der Waals surface area contributed by atoms with Crippen molar-refractivity contribution in [1.29, 1.82) is 0 Å². The quantitative estimate of drug-likeness (QED) is 0.613. The second-order valence-corrected chi connectivity index (χ2v) is 3.76. The van der Waals surface area contributed by atoms with Gasteiger partial charge in [-0.2, -0.15) is 0 Å². The highest BCUT2D eigenvalue weighted by Crippen LogP contribution is 2.27. The summed E-state index contributed by atoms with van der Waals surface area (Å²) in [5, 5.41) is 19.5. The Morgan fingerprint density at radius 3 is 2.81 bits per heavy atom. The first-order valence-corrected chi connectivity index (χ1v) is 5.04. The summed E-state index contributed by atoms with van der Waals surface area (Å²) in [5.41, 5.74) is 0.562. The predicted molar refractivity (Wildman–Crippen MR) is 59.6 cm³/mol. The van der Waals surface area contributed by atoms with E-state index >= 15 is 0 Å². The molecule has 1 aromatic rings. The van der Waals surface area contributed by atoms with Crippen LogP contribution in [0.4, 0.5) is 5.69 Å². The highest BCUT2D eigenvalue weighted by Gasteiger charge is 2.14. The van der Waals surface area contributed by atoms with E-state index in [2.05, 4.69) is 0 Å². The summed E-state index contributed by atoms with van der Waals surface area (Å²) >= 11 is 0. The van der Waals surface area contributed by atoms with Crippen LogP contribution < -0.4 is 4.74 Å². The van der Waals surface area contributed by atoms with Crippen LogP contribution in [-0.2, 0) is 0 Å². The van der Waals surface area contributed by atoms with Gasteiger partial charge in [-0.25, -0.2) is 0 Å². The first-order chi connectivity index (χ1) is 7.56. The van der Waals surface area contributed by atoms with Gasteiger partial charge in [0.05, 0.1) is 17.1 Å². The minimum Gasteiger partial charge on any atom is -0.493 e. The lowest BCUT2D eigenvalue weighted by Crippen LogP contribution is -2.12. The van der Waals surface area contributed by atoms with Gasteiger partial charge < -0.3 is 9.84 Å². The molecule has 0 saturated carbocycles. The SMILES string of the molecule is Cc1c(OCC(C)CO)cccc1[N+](=O)[O-]. The van der Waals surface area contributed by atoms with Crippen molar-refractivity contribution in [2.45, 2.75) is 13.8 Å². The number of ether oxygens (including phenoxy) is 1. The van der Waals surface area contributed by atoms with Crippen molar-refractivity contribution in [3.8, 4) is 5.75 Å². The fraction of sp³-hybridized carbons (Fsp3) is 0.455. The molecular weight excluding hydrogens is 210 g/mol. The minimum absolute atomic E-state index is 0.0127. The van der Waals surface area contributed by atoms with Crippen molar-refractivity contribution in [1.82, 2.24) is 0 Å². The molecule has 1 rings (SSSR count). The van der Waals surface area contributed by atoms with Crippen LogP contribution in [0.3, 0.4) is 0 Å². The zero-order valence-corrected chi connectivity index (χ0v) is 9.34. The number of rotatable bonds is 5. The largest absolute Gasteiger partial charge is 0.493 e. The van der Waals surface area contributed by atoms with Gasteiger partial charge in [0.1, 0.15) is 5.75 Å². The van der Waals surface area contributed by atoms with Crippen molar-refractivity contribution < 1.29 is 14.8 Å². The zero-order chi connectivity index (χ0) is 12.1. The van der Waals surface area contributed by atoms with Crippen LogP contribution in [0.15, 0.2) is 18.2 Å². The Morgan fingerprint density at radius 1 is 1.56 bits per heavy atom. The molecule has 5 nitrogen and oxygen atoms in total. The number of nitrogens with zero attached hydrogens (tertiary/aromatic N) is 1. The summed E-state index contributed by atoms with van der Waals surface area (Å²) < 4.78 is 5.42. The van der Waals surface area contributed by atoms with Crippen molar-refractivity contribution >= 4 is 5.69 Å². The van der Waals surface area contributed by atoms with Gasteiger partial charge in [-0.3, -0.25) is 10.1 Å². The van der Waals surface area contributed by atoms with E-state index in [1.165, 1.54) is 6.07 Å². The van der Waals surface area contributed by atoms with Gasteiger partial charge in [0.15, 0.2) is 0 Å². The van der Waals surface area contributed by atoms with Crippen LogP contribution in [0.1, 0.15) is 12.5 Å². The van der Waals surface area contributed by atoms with E-state index in [0.717, 1.165) is 0 Å². The van der Waals surface area contributed by atoms with Gasteiger partial charge in [-0.05, 0) is 13.0 Å². The van der Waals surface area contributed by atoms with Crippen LogP contribution in [0.2, 0.25) is 0 Å². The Morgan fingerprint density at radius 2 is 2.25 bits per heavy atom. The average Bonchev–Trinajstić information content (AvgIpc) is 2.26. The molecule has 0 aliphatic rings. The Kier molecular flexibility index (Phi) is 4.25. The molecule has 16 heavy (non-hydrogen) atoms. The molecule has 0 fully saturated rings. The number of nitro benzene ring substituents is 1. The summed E-state index contributed by atoms with van der Waals surface area (Å²) in [4.78, 5) is 10.2. The molecule has 0 radical (unpaired) electrons. The number of benzene rings is 1. The first kappa shape index (κ1) is 12.4. The van der Waals surface area contributed by atoms with Crippen molar-refractivity contribution in [2.75, 3.05) is 13.2 Å². The maximum absolute atomic E-state index is 10.7. The third kappa shape index (κ3) is 2.93. The number of nitro groups is 1. The van der Waals surface area contributed by atoms with Gasteiger partial charge in [0.2, 0.25) is 0 Å². The second-order valence-electron chi connectivity index (χ2n) is 3.76.